The van der Waals surface area contributed by atoms with Crippen LogP contribution in [0, 0.1) is 11.8 Å². The summed E-state index contributed by atoms with van der Waals surface area (Å²) in [6, 6.07) is 0.263. The number of nitrogens with zero attached hydrogens (tertiary/aromatic N) is 3. The monoisotopic (exact) mass is 264 g/mol. The molecule has 2 N–H and O–H groups in total. The molecule has 3 atom stereocenters. The molecule has 1 aromatic rings. The predicted molar refractivity (Wildman–Crippen MR) is 74.2 cm³/mol. The highest BCUT2D eigenvalue weighted by atomic mass is 16.2. The highest BCUT2D eigenvalue weighted by Crippen LogP contribution is 2.30. The zero-order chi connectivity index (χ0) is 14.0. The third-order valence-electron chi connectivity index (χ3n) is 4.20. The van der Waals surface area contributed by atoms with Gasteiger partial charge in [0.15, 0.2) is 0 Å². The number of carbonyl (C=O) groups is 1. The summed E-state index contributed by atoms with van der Waals surface area (Å²) < 4.78 is 1.95. The molecule has 3 unspecified atom stereocenters. The highest BCUT2D eigenvalue weighted by Gasteiger charge is 2.32. The Labute approximate surface area is 114 Å². The van der Waals surface area contributed by atoms with Crippen molar-refractivity contribution in [3.63, 3.8) is 0 Å². The van der Waals surface area contributed by atoms with E-state index in [1.165, 1.54) is 0 Å². The summed E-state index contributed by atoms with van der Waals surface area (Å²) in [4.78, 5) is 18.6. The molecule has 0 bridgehead atoms. The Morgan fingerprint density at radius 2 is 2.32 bits per heavy atom. The predicted octanol–water partition coefficient (Wildman–Crippen LogP) is 1.14. The number of rotatable bonds is 3. The summed E-state index contributed by atoms with van der Waals surface area (Å²) in [7, 11) is 3.81. The Morgan fingerprint density at radius 3 is 2.89 bits per heavy atom. The number of nitrogens with two attached hydrogens (primary N) is 1. The molecule has 5 nitrogen and oxygen atoms in total. The second-order valence-corrected chi connectivity index (χ2v) is 5.81. The SMILES string of the molecule is CC1CC(N)CCC1C(=O)N(C)Cc1nccn1C. The van der Waals surface area contributed by atoms with E-state index < -0.39 is 0 Å². The number of hydrogen-bond acceptors (Lipinski definition) is 3. The van der Waals surface area contributed by atoms with Crippen molar-refractivity contribution in [3.05, 3.63) is 18.2 Å². The summed E-state index contributed by atoms with van der Waals surface area (Å²) >= 11 is 0. The van der Waals surface area contributed by atoms with Crippen molar-refractivity contribution in [3.8, 4) is 0 Å². The van der Waals surface area contributed by atoms with Crippen molar-refractivity contribution >= 4 is 5.91 Å². The molecule has 0 radical (unpaired) electrons. The maximum absolute atomic E-state index is 12.5. The quantitative estimate of drug-likeness (QED) is 0.890. The molecule has 1 aromatic heterocycles. The topological polar surface area (TPSA) is 64.2 Å². The van der Waals surface area contributed by atoms with E-state index in [1.807, 2.05) is 24.9 Å². The van der Waals surface area contributed by atoms with E-state index in [9.17, 15) is 4.79 Å². The van der Waals surface area contributed by atoms with Gasteiger partial charge in [0, 0.05) is 38.4 Å². The van der Waals surface area contributed by atoms with Gasteiger partial charge >= 0.3 is 0 Å². The molecule has 1 amide bonds. The van der Waals surface area contributed by atoms with E-state index in [2.05, 4.69) is 11.9 Å². The van der Waals surface area contributed by atoms with Crippen LogP contribution in [0.15, 0.2) is 12.4 Å². The van der Waals surface area contributed by atoms with Gasteiger partial charge in [0.1, 0.15) is 5.82 Å². The largest absolute Gasteiger partial charge is 0.338 e. The van der Waals surface area contributed by atoms with Crippen molar-refractivity contribution in [1.29, 1.82) is 0 Å². The molecule has 1 aliphatic carbocycles. The summed E-state index contributed by atoms with van der Waals surface area (Å²) in [6.07, 6.45) is 6.47. The molecule has 19 heavy (non-hydrogen) atoms. The fourth-order valence-electron chi connectivity index (χ4n) is 2.93. The van der Waals surface area contributed by atoms with Crippen LogP contribution in [-0.4, -0.2) is 33.4 Å². The molecule has 2 rings (SSSR count). The fraction of sp³-hybridized carbons (Fsp3) is 0.714. The zero-order valence-electron chi connectivity index (χ0n) is 12.0. The first-order chi connectivity index (χ1) is 8.99. The normalized spacial score (nSPS) is 27.3. The lowest BCUT2D eigenvalue weighted by atomic mass is 9.77. The lowest BCUT2D eigenvalue weighted by Crippen LogP contribution is -2.41. The lowest BCUT2D eigenvalue weighted by Gasteiger charge is -2.33. The molecule has 0 aliphatic heterocycles. The Bertz CT molecular complexity index is 442. The van der Waals surface area contributed by atoms with Crippen molar-refractivity contribution < 1.29 is 4.79 Å². The number of amides is 1. The van der Waals surface area contributed by atoms with E-state index in [1.54, 1.807) is 11.1 Å². The van der Waals surface area contributed by atoms with Crippen molar-refractivity contribution in [2.45, 2.75) is 38.8 Å². The average molecular weight is 264 g/mol. The van der Waals surface area contributed by atoms with Crippen molar-refractivity contribution in [1.82, 2.24) is 14.5 Å². The van der Waals surface area contributed by atoms with Crippen LogP contribution in [0.1, 0.15) is 32.0 Å². The molecule has 0 aromatic carbocycles. The molecule has 1 heterocycles. The minimum Gasteiger partial charge on any atom is -0.338 e. The van der Waals surface area contributed by atoms with Crippen LogP contribution < -0.4 is 5.73 Å². The van der Waals surface area contributed by atoms with Gasteiger partial charge in [-0.3, -0.25) is 4.79 Å². The van der Waals surface area contributed by atoms with Crippen LogP contribution in [0.2, 0.25) is 0 Å². The van der Waals surface area contributed by atoms with Gasteiger partial charge in [0.2, 0.25) is 5.91 Å². The average Bonchev–Trinajstić information content (AvgIpc) is 2.74. The van der Waals surface area contributed by atoms with Crippen molar-refractivity contribution in [2.75, 3.05) is 7.05 Å². The second kappa shape index (κ2) is 5.74. The molecule has 106 valence electrons. The maximum atomic E-state index is 12.5. The third-order valence-corrected chi connectivity index (χ3v) is 4.20. The van der Waals surface area contributed by atoms with Crippen molar-refractivity contribution in [2.24, 2.45) is 24.6 Å². The summed E-state index contributed by atoms with van der Waals surface area (Å²) in [5.74, 6) is 1.63. The molecule has 1 saturated carbocycles. The lowest BCUT2D eigenvalue weighted by molar-refractivity contribution is -0.137. The number of imidazole rings is 1. The summed E-state index contributed by atoms with van der Waals surface area (Å²) in [5, 5.41) is 0. The first kappa shape index (κ1) is 14.1. The maximum Gasteiger partial charge on any atom is 0.226 e. The standard InChI is InChI=1S/C14H24N4O/c1-10-8-11(15)4-5-12(10)14(19)18(3)9-13-16-6-7-17(13)2/h6-7,10-12H,4-5,8-9,15H2,1-3H3. The minimum absolute atomic E-state index is 0.116. The van der Waals surface area contributed by atoms with Crippen LogP contribution >= 0.6 is 0 Å². The minimum atomic E-state index is 0.116. The number of hydrogen-bond donors (Lipinski definition) is 1. The Balaban J connectivity index is 1.97. The first-order valence-electron chi connectivity index (χ1n) is 6.95. The van der Waals surface area contributed by atoms with Gasteiger partial charge in [-0.15, -0.1) is 0 Å². The first-order valence-corrected chi connectivity index (χ1v) is 6.95. The van der Waals surface area contributed by atoms with Gasteiger partial charge in [0.25, 0.3) is 0 Å². The Hall–Kier alpha value is -1.36. The van der Waals surface area contributed by atoms with Crippen LogP contribution in [0.25, 0.3) is 0 Å². The third kappa shape index (κ3) is 3.15. The molecule has 5 heteroatoms. The van der Waals surface area contributed by atoms with Gasteiger partial charge in [-0.1, -0.05) is 6.92 Å². The van der Waals surface area contributed by atoms with Gasteiger partial charge in [-0.25, -0.2) is 4.98 Å². The van der Waals surface area contributed by atoms with Gasteiger partial charge < -0.3 is 15.2 Å². The van der Waals surface area contributed by atoms with E-state index >= 15 is 0 Å². The number of carbonyl (C=O) groups excluding carboxylic acids is 1. The zero-order valence-corrected chi connectivity index (χ0v) is 12.0. The van der Waals surface area contributed by atoms with Crippen LogP contribution in [0.3, 0.4) is 0 Å². The highest BCUT2D eigenvalue weighted by molar-refractivity contribution is 5.78. The molecule has 1 fully saturated rings. The Morgan fingerprint density at radius 1 is 1.58 bits per heavy atom. The summed E-state index contributed by atoms with van der Waals surface area (Å²) in [5.41, 5.74) is 5.95. The van der Waals surface area contributed by atoms with E-state index in [0.717, 1.165) is 25.1 Å². The van der Waals surface area contributed by atoms with E-state index in [-0.39, 0.29) is 17.9 Å². The Kier molecular flexibility index (Phi) is 4.24. The van der Waals surface area contributed by atoms with E-state index in [4.69, 9.17) is 5.73 Å². The van der Waals surface area contributed by atoms with Crippen LogP contribution in [-0.2, 0) is 18.4 Å². The second-order valence-electron chi connectivity index (χ2n) is 5.81. The van der Waals surface area contributed by atoms with Gasteiger partial charge in [-0.2, -0.15) is 0 Å². The smallest absolute Gasteiger partial charge is 0.226 e. The van der Waals surface area contributed by atoms with Gasteiger partial charge in [0.05, 0.1) is 6.54 Å². The van der Waals surface area contributed by atoms with Crippen LogP contribution in [0.4, 0.5) is 0 Å². The molecule has 1 aliphatic rings. The molecule has 0 saturated heterocycles. The molecular weight excluding hydrogens is 240 g/mol. The number of aryl methyl sites for hydroxylation is 1. The fourth-order valence-corrected chi connectivity index (χ4v) is 2.93. The summed E-state index contributed by atoms with van der Waals surface area (Å²) in [6.45, 7) is 2.70. The molecular formula is C14H24N4O. The molecule has 0 spiro atoms. The van der Waals surface area contributed by atoms with E-state index in [0.29, 0.717) is 12.5 Å². The van der Waals surface area contributed by atoms with Gasteiger partial charge in [-0.05, 0) is 25.2 Å². The number of aromatic nitrogens is 2. The van der Waals surface area contributed by atoms with Crippen LogP contribution in [0.5, 0.6) is 0 Å².